The van der Waals surface area contributed by atoms with Crippen LogP contribution in [0.15, 0.2) is 43.3 Å². The SMILES string of the molecule is C=CCC1C=C[C]=C(c2ncccn2)C1=O. The fraction of sp³-hybridized carbons (Fsp3) is 0.154. The maximum Gasteiger partial charge on any atom is 0.174 e. The Hall–Kier alpha value is -2.03. The molecule has 0 saturated carbocycles. The van der Waals surface area contributed by atoms with Gasteiger partial charge in [-0.3, -0.25) is 4.79 Å². The number of carbonyl (C=O) groups excluding carboxylic acids is 1. The predicted molar refractivity (Wildman–Crippen MR) is 61.1 cm³/mol. The average Bonchev–Trinajstić information content (AvgIpc) is 2.33. The van der Waals surface area contributed by atoms with Crippen molar-refractivity contribution >= 4 is 11.4 Å². The minimum Gasteiger partial charge on any atom is -0.293 e. The second-order valence-electron chi connectivity index (χ2n) is 3.45. The summed E-state index contributed by atoms with van der Waals surface area (Å²) >= 11 is 0. The third-order valence-electron chi connectivity index (χ3n) is 2.35. The van der Waals surface area contributed by atoms with E-state index in [1.807, 2.05) is 6.08 Å². The molecule has 0 spiro atoms. The third-order valence-corrected chi connectivity index (χ3v) is 2.35. The molecule has 0 N–H and O–H groups in total. The Morgan fingerprint density at radius 2 is 2.19 bits per heavy atom. The number of hydrogen-bond donors (Lipinski definition) is 0. The first-order valence-corrected chi connectivity index (χ1v) is 5.05. The Kier molecular flexibility index (Phi) is 3.05. The van der Waals surface area contributed by atoms with E-state index in [0.29, 0.717) is 17.8 Å². The van der Waals surface area contributed by atoms with Crippen LogP contribution in [0.1, 0.15) is 12.2 Å². The number of Topliss-reactive ketones (excluding diaryl/α,β-unsaturated/α-hetero) is 1. The lowest BCUT2D eigenvalue weighted by atomic mass is 9.90. The Balaban J connectivity index is 2.30. The molecule has 0 aliphatic heterocycles. The van der Waals surface area contributed by atoms with Gasteiger partial charge in [-0.2, -0.15) is 0 Å². The van der Waals surface area contributed by atoms with Gasteiger partial charge in [0.1, 0.15) is 0 Å². The minimum absolute atomic E-state index is 0.00796. The van der Waals surface area contributed by atoms with Gasteiger partial charge in [-0.15, -0.1) is 6.58 Å². The summed E-state index contributed by atoms with van der Waals surface area (Å²) in [7, 11) is 0. The Morgan fingerprint density at radius 1 is 1.44 bits per heavy atom. The largest absolute Gasteiger partial charge is 0.293 e. The van der Waals surface area contributed by atoms with Gasteiger partial charge in [0.25, 0.3) is 0 Å². The van der Waals surface area contributed by atoms with Crippen LogP contribution in [0.2, 0.25) is 0 Å². The van der Waals surface area contributed by atoms with E-state index in [1.54, 1.807) is 30.6 Å². The zero-order chi connectivity index (χ0) is 11.4. The molecule has 1 unspecified atom stereocenters. The number of rotatable bonds is 3. The lowest BCUT2D eigenvalue weighted by Crippen LogP contribution is -2.17. The molecule has 16 heavy (non-hydrogen) atoms. The van der Waals surface area contributed by atoms with Crippen molar-refractivity contribution in [1.29, 1.82) is 0 Å². The summed E-state index contributed by atoms with van der Waals surface area (Å²) in [4.78, 5) is 20.1. The van der Waals surface area contributed by atoms with Crippen LogP contribution < -0.4 is 0 Å². The van der Waals surface area contributed by atoms with Crippen molar-refractivity contribution in [2.75, 3.05) is 0 Å². The summed E-state index contributed by atoms with van der Waals surface area (Å²) in [5, 5.41) is 0. The minimum atomic E-state index is -0.155. The van der Waals surface area contributed by atoms with Crippen molar-refractivity contribution in [2.24, 2.45) is 5.92 Å². The van der Waals surface area contributed by atoms with Crippen molar-refractivity contribution in [3.8, 4) is 0 Å². The number of allylic oxidation sites excluding steroid dienone is 5. The molecule has 1 aromatic rings. The summed E-state index contributed by atoms with van der Waals surface area (Å²) in [5.74, 6) is 0.289. The topological polar surface area (TPSA) is 42.9 Å². The van der Waals surface area contributed by atoms with Gasteiger partial charge in [-0.1, -0.05) is 18.2 Å². The fourth-order valence-corrected chi connectivity index (χ4v) is 1.56. The smallest absolute Gasteiger partial charge is 0.174 e. The summed E-state index contributed by atoms with van der Waals surface area (Å²) < 4.78 is 0. The van der Waals surface area contributed by atoms with Crippen LogP contribution in [-0.2, 0) is 4.79 Å². The van der Waals surface area contributed by atoms with Crippen LogP contribution in [0.3, 0.4) is 0 Å². The number of ketones is 1. The highest BCUT2D eigenvalue weighted by Crippen LogP contribution is 2.22. The summed E-state index contributed by atoms with van der Waals surface area (Å²) in [5.41, 5.74) is 0.454. The van der Waals surface area contributed by atoms with Gasteiger partial charge in [0.2, 0.25) is 0 Å². The van der Waals surface area contributed by atoms with Crippen molar-refractivity contribution in [1.82, 2.24) is 9.97 Å². The zero-order valence-electron chi connectivity index (χ0n) is 8.76. The van der Waals surface area contributed by atoms with Gasteiger partial charge >= 0.3 is 0 Å². The highest BCUT2D eigenvalue weighted by atomic mass is 16.1. The molecule has 0 amide bonds. The van der Waals surface area contributed by atoms with E-state index in [0.717, 1.165) is 0 Å². The number of carbonyl (C=O) groups is 1. The van der Waals surface area contributed by atoms with Crippen molar-refractivity contribution in [2.45, 2.75) is 6.42 Å². The molecule has 0 bridgehead atoms. The third kappa shape index (κ3) is 1.98. The van der Waals surface area contributed by atoms with Crippen LogP contribution in [0.4, 0.5) is 0 Å². The van der Waals surface area contributed by atoms with Gasteiger partial charge in [0, 0.05) is 18.3 Å². The Labute approximate surface area is 94.2 Å². The van der Waals surface area contributed by atoms with Crippen molar-refractivity contribution in [3.05, 3.63) is 55.2 Å². The first kappa shape index (κ1) is 10.5. The molecule has 1 aliphatic rings. The van der Waals surface area contributed by atoms with E-state index in [2.05, 4.69) is 22.6 Å². The predicted octanol–water partition coefficient (Wildman–Crippen LogP) is 1.99. The Morgan fingerprint density at radius 3 is 2.88 bits per heavy atom. The van der Waals surface area contributed by atoms with Crippen LogP contribution in [-0.4, -0.2) is 15.8 Å². The number of aromatic nitrogens is 2. The van der Waals surface area contributed by atoms with E-state index in [1.165, 1.54) is 0 Å². The number of nitrogens with zero attached hydrogens (tertiary/aromatic N) is 2. The standard InChI is InChI=1S/C13H11N2O/c1-2-5-10-6-3-7-11(12(10)16)13-14-8-4-9-15-13/h2-4,6,8-10H,1,5H2. The number of hydrogen-bond acceptors (Lipinski definition) is 3. The first-order chi connectivity index (χ1) is 7.83. The maximum absolute atomic E-state index is 12.0. The van der Waals surface area contributed by atoms with E-state index >= 15 is 0 Å². The van der Waals surface area contributed by atoms with Gasteiger partial charge in [-0.25, -0.2) is 9.97 Å². The van der Waals surface area contributed by atoms with E-state index in [-0.39, 0.29) is 11.7 Å². The molecular weight excluding hydrogens is 200 g/mol. The molecule has 1 aromatic heterocycles. The monoisotopic (exact) mass is 211 g/mol. The van der Waals surface area contributed by atoms with Gasteiger partial charge in [0.15, 0.2) is 11.6 Å². The molecular formula is C13H11N2O. The molecule has 1 atom stereocenters. The van der Waals surface area contributed by atoms with E-state index < -0.39 is 0 Å². The normalized spacial score (nSPS) is 19.4. The zero-order valence-corrected chi connectivity index (χ0v) is 8.76. The Bertz CT molecular complexity index is 460. The van der Waals surface area contributed by atoms with Gasteiger partial charge in [0.05, 0.1) is 5.57 Å². The van der Waals surface area contributed by atoms with Crippen molar-refractivity contribution < 1.29 is 4.79 Å². The molecule has 0 fully saturated rings. The second-order valence-corrected chi connectivity index (χ2v) is 3.45. The molecule has 3 heteroatoms. The van der Waals surface area contributed by atoms with E-state index in [9.17, 15) is 4.79 Å². The summed E-state index contributed by atoms with van der Waals surface area (Å²) in [6.45, 7) is 3.64. The maximum atomic E-state index is 12.0. The van der Waals surface area contributed by atoms with Crippen LogP contribution in [0.25, 0.3) is 5.57 Å². The molecule has 3 nitrogen and oxygen atoms in total. The molecule has 79 valence electrons. The quantitative estimate of drug-likeness (QED) is 0.718. The first-order valence-electron chi connectivity index (χ1n) is 5.05. The van der Waals surface area contributed by atoms with Crippen LogP contribution in [0, 0.1) is 12.0 Å². The summed E-state index contributed by atoms with van der Waals surface area (Å²) in [6, 6.07) is 1.72. The van der Waals surface area contributed by atoms with E-state index in [4.69, 9.17) is 0 Å². The van der Waals surface area contributed by atoms with Crippen LogP contribution >= 0.6 is 0 Å². The molecule has 0 saturated heterocycles. The summed E-state index contributed by atoms with van der Waals surface area (Å²) in [6.07, 6.45) is 12.1. The van der Waals surface area contributed by atoms with Gasteiger partial charge in [-0.05, 0) is 18.6 Å². The lowest BCUT2D eigenvalue weighted by Gasteiger charge is -2.14. The average molecular weight is 211 g/mol. The highest BCUT2D eigenvalue weighted by Gasteiger charge is 2.23. The molecule has 2 rings (SSSR count). The molecule has 1 radical (unpaired) electrons. The van der Waals surface area contributed by atoms with Gasteiger partial charge < -0.3 is 0 Å². The highest BCUT2D eigenvalue weighted by molar-refractivity contribution is 6.21. The molecule has 1 aliphatic carbocycles. The molecule has 1 heterocycles. The molecule has 0 aromatic carbocycles. The second kappa shape index (κ2) is 4.66. The van der Waals surface area contributed by atoms with Crippen molar-refractivity contribution in [3.63, 3.8) is 0 Å². The fourth-order valence-electron chi connectivity index (χ4n) is 1.56. The lowest BCUT2D eigenvalue weighted by molar-refractivity contribution is -0.116. The van der Waals surface area contributed by atoms with Crippen LogP contribution in [0.5, 0.6) is 0 Å².